The molecule has 7 heteroatoms. The van der Waals surface area contributed by atoms with Crippen molar-refractivity contribution in [3.8, 4) is 0 Å². The smallest absolute Gasteiger partial charge is 0.211 e. The molecular formula is C20H34N4O2S. The van der Waals surface area contributed by atoms with Gasteiger partial charge in [-0.05, 0) is 29.9 Å². The van der Waals surface area contributed by atoms with Crippen LogP contribution in [0, 0.1) is 5.92 Å². The van der Waals surface area contributed by atoms with Gasteiger partial charge in [0.2, 0.25) is 10.0 Å². The van der Waals surface area contributed by atoms with Gasteiger partial charge in [0.05, 0.1) is 6.26 Å². The van der Waals surface area contributed by atoms with Crippen LogP contribution in [-0.2, 0) is 21.9 Å². The highest BCUT2D eigenvalue weighted by Gasteiger charge is 2.28. The van der Waals surface area contributed by atoms with Crippen molar-refractivity contribution in [1.82, 2.24) is 14.9 Å². The fourth-order valence-electron chi connectivity index (χ4n) is 3.32. The van der Waals surface area contributed by atoms with Gasteiger partial charge in [0, 0.05) is 38.6 Å². The third kappa shape index (κ3) is 6.21. The molecular weight excluding hydrogens is 360 g/mol. The summed E-state index contributed by atoms with van der Waals surface area (Å²) in [4.78, 5) is 4.30. The zero-order valence-electron chi connectivity index (χ0n) is 17.2. The Bertz CT molecular complexity index is 742. The van der Waals surface area contributed by atoms with Gasteiger partial charge in [0.1, 0.15) is 0 Å². The summed E-state index contributed by atoms with van der Waals surface area (Å²) < 4.78 is 24.8. The van der Waals surface area contributed by atoms with E-state index in [0.29, 0.717) is 19.0 Å². The molecule has 2 rings (SSSR count). The van der Waals surface area contributed by atoms with Crippen LogP contribution in [0.4, 0.5) is 0 Å². The lowest BCUT2D eigenvalue weighted by atomic mass is 9.84. The molecule has 0 aliphatic carbocycles. The molecule has 1 atom stereocenters. The molecule has 1 heterocycles. The van der Waals surface area contributed by atoms with Crippen LogP contribution in [0.15, 0.2) is 29.3 Å². The van der Waals surface area contributed by atoms with Crippen molar-refractivity contribution in [2.45, 2.75) is 39.0 Å². The van der Waals surface area contributed by atoms with Crippen molar-refractivity contribution in [2.75, 3.05) is 39.5 Å². The lowest BCUT2D eigenvalue weighted by Gasteiger charge is -2.27. The number of nitrogens with one attached hydrogen (secondary N) is 2. The maximum Gasteiger partial charge on any atom is 0.211 e. The second-order valence-electron chi connectivity index (χ2n) is 8.02. The molecule has 1 fully saturated rings. The molecule has 152 valence electrons. The van der Waals surface area contributed by atoms with E-state index in [1.54, 1.807) is 11.4 Å². The molecule has 1 aliphatic rings. The van der Waals surface area contributed by atoms with Gasteiger partial charge in [-0.15, -0.1) is 0 Å². The summed E-state index contributed by atoms with van der Waals surface area (Å²) in [6.45, 7) is 9.27. The molecule has 1 saturated heterocycles. The van der Waals surface area contributed by atoms with E-state index in [9.17, 15) is 8.42 Å². The fourth-order valence-corrected chi connectivity index (χ4v) is 4.24. The SMILES string of the molecule is CCc1ccc(C(C)(C)CNC(=NC)NCC2CCN(S(C)(=O)=O)C2)cc1. The van der Waals surface area contributed by atoms with E-state index in [1.165, 1.54) is 17.4 Å². The molecule has 1 aromatic carbocycles. The fraction of sp³-hybridized carbons (Fsp3) is 0.650. The second kappa shape index (κ2) is 9.06. The van der Waals surface area contributed by atoms with Gasteiger partial charge < -0.3 is 10.6 Å². The molecule has 6 nitrogen and oxygen atoms in total. The van der Waals surface area contributed by atoms with Gasteiger partial charge in [0.25, 0.3) is 0 Å². The Kier molecular flexibility index (Phi) is 7.28. The monoisotopic (exact) mass is 394 g/mol. The van der Waals surface area contributed by atoms with Gasteiger partial charge >= 0.3 is 0 Å². The molecule has 0 saturated carbocycles. The number of hydrogen-bond acceptors (Lipinski definition) is 3. The average Bonchev–Trinajstić information content (AvgIpc) is 3.11. The Morgan fingerprint density at radius 1 is 1.26 bits per heavy atom. The zero-order valence-corrected chi connectivity index (χ0v) is 18.1. The molecule has 0 spiro atoms. The minimum atomic E-state index is -3.09. The Labute approximate surface area is 164 Å². The van der Waals surface area contributed by atoms with E-state index in [2.05, 4.69) is 60.7 Å². The Balaban J connectivity index is 1.84. The van der Waals surface area contributed by atoms with Crippen LogP contribution >= 0.6 is 0 Å². The first-order chi connectivity index (χ1) is 12.7. The maximum atomic E-state index is 11.6. The van der Waals surface area contributed by atoms with E-state index in [4.69, 9.17) is 0 Å². The number of aliphatic imine (C=N–C) groups is 1. The number of guanidine groups is 1. The van der Waals surface area contributed by atoms with Crippen LogP contribution in [0.1, 0.15) is 38.3 Å². The summed E-state index contributed by atoms with van der Waals surface area (Å²) >= 11 is 0. The van der Waals surface area contributed by atoms with E-state index < -0.39 is 10.0 Å². The summed E-state index contributed by atoms with van der Waals surface area (Å²) in [5.41, 5.74) is 2.62. The van der Waals surface area contributed by atoms with Crippen molar-refractivity contribution in [3.05, 3.63) is 35.4 Å². The quantitative estimate of drug-likeness (QED) is 0.548. The number of nitrogens with zero attached hydrogens (tertiary/aromatic N) is 2. The molecule has 0 aromatic heterocycles. The zero-order chi connectivity index (χ0) is 20.1. The number of hydrogen-bond donors (Lipinski definition) is 2. The summed E-state index contributed by atoms with van der Waals surface area (Å²) in [5.74, 6) is 1.07. The van der Waals surface area contributed by atoms with Crippen molar-refractivity contribution in [2.24, 2.45) is 10.9 Å². The third-order valence-corrected chi connectivity index (χ3v) is 6.61. The predicted molar refractivity (Wildman–Crippen MR) is 113 cm³/mol. The second-order valence-corrected chi connectivity index (χ2v) is 10.00. The Morgan fingerprint density at radius 3 is 2.44 bits per heavy atom. The first-order valence-electron chi connectivity index (χ1n) is 9.64. The van der Waals surface area contributed by atoms with E-state index in [-0.39, 0.29) is 5.41 Å². The lowest BCUT2D eigenvalue weighted by molar-refractivity contribution is 0.457. The van der Waals surface area contributed by atoms with Crippen molar-refractivity contribution < 1.29 is 8.42 Å². The minimum Gasteiger partial charge on any atom is -0.356 e. The van der Waals surface area contributed by atoms with Crippen molar-refractivity contribution in [1.29, 1.82) is 0 Å². The Hall–Kier alpha value is -1.60. The van der Waals surface area contributed by atoms with Crippen molar-refractivity contribution >= 4 is 16.0 Å². The molecule has 1 unspecified atom stereocenters. The van der Waals surface area contributed by atoms with Crippen LogP contribution in [0.3, 0.4) is 0 Å². The normalized spacial score (nSPS) is 19.3. The van der Waals surface area contributed by atoms with Gasteiger partial charge in [-0.3, -0.25) is 4.99 Å². The third-order valence-electron chi connectivity index (χ3n) is 5.34. The molecule has 1 aromatic rings. The topological polar surface area (TPSA) is 73.8 Å². The lowest BCUT2D eigenvalue weighted by Crippen LogP contribution is -2.45. The summed E-state index contributed by atoms with van der Waals surface area (Å²) in [7, 11) is -1.33. The first-order valence-corrected chi connectivity index (χ1v) is 11.5. The highest BCUT2D eigenvalue weighted by atomic mass is 32.2. The highest BCUT2D eigenvalue weighted by molar-refractivity contribution is 7.88. The van der Waals surface area contributed by atoms with Gasteiger partial charge in [0.15, 0.2) is 5.96 Å². The molecule has 0 bridgehead atoms. The molecule has 0 radical (unpaired) electrons. The summed E-state index contributed by atoms with van der Waals surface area (Å²) in [5, 5.41) is 6.75. The largest absolute Gasteiger partial charge is 0.356 e. The average molecular weight is 395 g/mol. The number of rotatable bonds is 7. The van der Waals surface area contributed by atoms with Crippen LogP contribution < -0.4 is 10.6 Å². The van der Waals surface area contributed by atoms with Crippen LogP contribution in [0.2, 0.25) is 0 Å². The van der Waals surface area contributed by atoms with Crippen LogP contribution in [0.5, 0.6) is 0 Å². The van der Waals surface area contributed by atoms with Gasteiger partial charge in [-0.25, -0.2) is 12.7 Å². The number of benzene rings is 1. The minimum absolute atomic E-state index is 0.0235. The molecule has 2 N–H and O–H groups in total. The van der Waals surface area contributed by atoms with E-state index >= 15 is 0 Å². The van der Waals surface area contributed by atoms with Gasteiger partial charge in [-0.2, -0.15) is 0 Å². The number of sulfonamides is 1. The maximum absolute atomic E-state index is 11.6. The first kappa shape index (κ1) is 21.7. The predicted octanol–water partition coefficient (Wildman–Crippen LogP) is 1.97. The van der Waals surface area contributed by atoms with Crippen LogP contribution in [-0.4, -0.2) is 58.2 Å². The molecule has 27 heavy (non-hydrogen) atoms. The van der Waals surface area contributed by atoms with E-state index in [0.717, 1.165) is 31.9 Å². The number of aryl methyl sites for hydroxylation is 1. The Morgan fingerprint density at radius 2 is 1.93 bits per heavy atom. The summed E-state index contributed by atoms with van der Waals surface area (Å²) in [6, 6.07) is 8.79. The summed E-state index contributed by atoms with van der Waals surface area (Å²) in [6.07, 6.45) is 3.21. The van der Waals surface area contributed by atoms with E-state index in [1.807, 2.05) is 0 Å². The van der Waals surface area contributed by atoms with Gasteiger partial charge in [-0.1, -0.05) is 45.0 Å². The molecule has 0 amide bonds. The standard InChI is InChI=1S/C20H34N4O2S/c1-6-16-7-9-18(10-8-16)20(2,3)15-23-19(21-4)22-13-17-11-12-24(14-17)27(5,25)26/h7-10,17H,6,11-15H2,1-5H3,(H2,21,22,23). The van der Waals surface area contributed by atoms with Crippen molar-refractivity contribution in [3.63, 3.8) is 0 Å². The highest BCUT2D eigenvalue weighted by Crippen LogP contribution is 2.23. The molecule has 1 aliphatic heterocycles. The van der Waals surface area contributed by atoms with Crippen LogP contribution in [0.25, 0.3) is 0 Å².